The molecule has 1 aromatic heterocycles. The Bertz CT molecular complexity index is 1090. The number of nitrogens with zero attached hydrogens (tertiary/aromatic N) is 3. The van der Waals surface area contributed by atoms with Crippen molar-refractivity contribution in [3.8, 4) is 28.8 Å². The third kappa shape index (κ3) is 4.36. The van der Waals surface area contributed by atoms with E-state index in [4.69, 9.17) is 9.84 Å². The average molecular weight is 386 g/mol. The number of rotatable bonds is 6. The Kier molecular flexibility index (Phi) is 6.10. The van der Waals surface area contributed by atoms with Crippen LogP contribution in [0.5, 0.6) is 5.75 Å². The molecular weight excluding hydrogens is 364 g/mol. The van der Waals surface area contributed by atoms with Gasteiger partial charge >= 0.3 is 0 Å². The first-order valence-electron chi connectivity index (χ1n) is 9.27. The van der Waals surface area contributed by atoms with Gasteiger partial charge in [0.25, 0.3) is 5.91 Å². The third-order valence-electron chi connectivity index (χ3n) is 4.45. The highest BCUT2D eigenvalue weighted by molar-refractivity contribution is 6.02. The molecule has 0 aliphatic carbocycles. The van der Waals surface area contributed by atoms with Crippen molar-refractivity contribution in [2.75, 3.05) is 13.7 Å². The van der Waals surface area contributed by atoms with Gasteiger partial charge in [0, 0.05) is 23.9 Å². The molecule has 1 N–H and O–H groups in total. The van der Waals surface area contributed by atoms with Crippen molar-refractivity contribution < 1.29 is 9.53 Å². The minimum absolute atomic E-state index is 0.0341. The summed E-state index contributed by atoms with van der Waals surface area (Å²) in [7, 11) is 1.62. The topological polar surface area (TPSA) is 79.9 Å². The van der Waals surface area contributed by atoms with E-state index in [1.54, 1.807) is 17.9 Å². The summed E-state index contributed by atoms with van der Waals surface area (Å²) in [5, 5.41) is 16.9. The zero-order valence-corrected chi connectivity index (χ0v) is 16.6. The molecule has 0 atom stereocenters. The van der Waals surface area contributed by atoms with E-state index in [1.165, 1.54) is 0 Å². The number of hydrogen-bond acceptors (Lipinski definition) is 4. The number of aromatic nitrogens is 2. The molecule has 3 rings (SSSR count). The summed E-state index contributed by atoms with van der Waals surface area (Å²) in [5.41, 5.74) is 4.17. The fourth-order valence-corrected chi connectivity index (χ4v) is 3.00. The Hall–Kier alpha value is -3.85. The average Bonchev–Trinajstić information content (AvgIpc) is 3.16. The van der Waals surface area contributed by atoms with E-state index in [2.05, 4.69) is 5.32 Å². The van der Waals surface area contributed by atoms with Gasteiger partial charge in [0.15, 0.2) is 0 Å². The molecule has 0 radical (unpaired) electrons. The number of aryl methyl sites for hydroxylation is 1. The number of benzene rings is 2. The van der Waals surface area contributed by atoms with Crippen molar-refractivity contribution in [1.82, 2.24) is 15.1 Å². The standard InChI is InChI=1S/C23H22N4O2/c1-4-25-23(28)17(14-24)13-18-15-27(19-8-6-5-7-9-19)26-22(18)21-11-10-20(29-3)12-16(21)2/h5-13,15H,4H2,1-3H3,(H,25,28)/b17-13+. The van der Waals surface area contributed by atoms with Gasteiger partial charge in [0.2, 0.25) is 0 Å². The third-order valence-corrected chi connectivity index (χ3v) is 4.45. The number of carbonyl (C=O) groups excluding carboxylic acids is 1. The molecule has 3 aromatic rings. The number of para-hydroxylation sites is 1. The smallest absolute Gasteiger partial charge is 0.261 e. The van der Waals surface area contributed by atoms with Gasteiger partial charge in [0.05, 0.1) is 12.8 Å². The first kappa shape index (κ1) is 19.9. The van der Waals surface area contributed by atoms with Crippen molar-refractivity contribution in [1.29, 1.82) is 5.26 Å². The molecule has 0 aliphatic rings. The normalized spacial score (nSPS) is 11.0. The second-order valence-corrected chi connectivity index (χ2v) is 6.42. The van der Waals surface area contributed by atoms with Crippen molar-refractivity contribution in [2.45, 2.75) is 13.8 Å². The van der Waals surface area contributed by atoms with E-state index in [1.807, 2.05) is 74.6 Å². The molecule has 146 valence electrons. The van der Waals surface area contributed by atoms with Crippen molar-refractivity contribution in [3.63, 3.8) is 0 Å². The zero-order chi connectivity index (χ0) is 20.8. The van der Waals surface area contributed by atoms with Crippen LogP contribution in [0, 0.1) is 18.3 Å². The molecule has 6 heteroatoms. The molecule has 0 bridgehead atoms. The Morgan fingerprint density at radius 2 is 2.03 bits per heavy atom. The van der Waals surface area contributed by atoms with Crippen LogP contribution >= 0.6 is 0 Å². The molecule has 0 saturated carbocycles. The number of carbonyl (C=O) groups is 1. The molecule has 2 aromatic carbocycles. The lowest BCUT2D eigenvalue weighted by molar-refractivity contribution is -0.116. The van der Waals surface area contributed by atoms with E-state index in [-0.39, 0.29) is 5.57 Å². The molecule has 6 nitrogen and oxygen atoms in total. The molecule has 1 heterocycles. The molecule has 1 amide bonds. The molecule has 0 saturated heterocycles. The lowest BCUT2D eigenvalue weighted by atomic mass is 10.0. The molecule has 0 fully saturated rings. The predicted octanol–water partition coefficient (Wildman–Crippen LogP) is 3.90. The summed E-state index contributed by atoms with van der Waals surface area (Å²) in [5.74, 6) is 0.353. The van der Waals surface area contributed by atoms with E-state index in [0.717, 1.165) is 22.6 Å². The fraction of sp³-hybridized carbons (Fsp3) is 0.174. The maximum Gasteiger partial charge on any atom is 0.261 e. The Labute approximate surface area is 170 Å². The lowest BCUT2D eigenvalue weighted by Crippen LogP contribution is -2.23. The summed E-state index contributed by atoms with van der Waals surface area (Å²) in [6.45, 7) is 4.24. The maximum absolute atomic E-state index is 12.2. The lowest BCUT2D eigenvalue weighted by Gasteiger charge is -2.07. The van der Waals surface area contributed by atoms with Crippen LogP contribution in [0.1, 0.15) is 18.1 Å². The van der Waals surface area contributed by atoms with Crippen LogP contribution in [0.3, 0.4) is 0 Å². The SMILES string of the molecule is CCNC(=O)/C(C#N)=C/c1cn(-c2ccccc2)nc1-c1ccc(OC)cc1C. The summed E-state index contributed by atoms with van der Waals surface area (Å²) in [6, 6.07) is 17.4. The summed E-state index contributed by atoms with van der Waals surface area (Å²) >= 11 is 0. The summed E-state index contributed by atoms with van der Waals surface area (Å²) < 4.78 is 7.05. The Balaban J connectivity index is 2.17. The first-order valence-corrected chi connectivity index (χ1v) is 9.27. The van der Waals surface area contributed by atoms with Gasteiger partial charge in [-0.1, -0.05) is 18.2 Å². The second kappa shape index (κ2) is 8.89. The molecular formula is C23H22N4O2. The first-order chi connectivity index (χ1) is 14.1. The Morgan fingerprint density at radius 1 is 1.28 bits per heavy atom. The second-order valence-electron chi connectivity index (χ2n) is 6.42. The van der Waals surface area contributed by atoms with E-state index >= 15 is 0 Å². The summed E-state index contributed by atoms with van der Waals surface area (Å²) in [6.07, 6.45) is 3.40. The van der Waals surface area contributed by atoms with Crippen LogP contribution in [0.25, 0.3) is 23.0 Å². The number of nitrogens with one attached hydrogen (secondary N) is 1. The highest BCUT2D eigenvalue weighted by Gasteiger charge is 2.16. The zero-order valence-electron chi connectivity index (χ0n) is 16.6. The van der Waals surface area contributed by atoms with Crippen LogP contribution in [-0.2, 0) is 4.79 Å². The number of methoxy groups -OCH3 is 1. The van der Waals surface area contributed by atoms with Gasteiger partial charge in [-0.2, -0.15) is 10.4 Å². The Morgan fingerprint density at radius 3 is 2.66 bits per heavy atom. The number of amides is 1. The monoisotopic (exact) mass is 386 g/mol. The number of ether oxygens (including phenoxy) is 1. The fourth-order valence-electron chi connectivity index (χ4n) is 3.00. The highest BCUT2D eigenvalue weighted by atomic mass is 16.5. The van der Waals surface area contributed by atoms with Crippen molar-refractivity contribution in [3.05, 3.63) is 71.4 Å². The van der Waals surface area contributed by atoms with Crippen molar-refractivity contribution >= 4 is 12.0 Å². The number of nitriles is 1. The van der Waals surface area contributed by atoms with Crippen LogP contribution in [0.15, 0.2) is 60.3 Å². The number of hydrogen-bond donors (Lipinski definition) is 1. The minimum Gasteiger partial charge on any atom is -0.497 e. The minimum atomic E-state index is -0.403. The quantitative estimate of drug-likeness (QED) is 0.515. The molecule has 0 spiro atoms. The van der Waals surface area contributed by atoms with Gasteiger partial charge in [0.1, 0.15) is 23.1 Å². The maximum atomic E-state index is 12.2. The van der Waals surface area contributed by atoms with E-state index in [9.17, 15) is 10.1 Å². The van der Waals surface area contributed by atoms with Gasteiger partial charge in [-0.3, -0.25) is 4.79 Å². The largest absolute Gasteiger partial charge is 0.497 e. The molecule has 29 heavy (non-hydrogen) atoms. The van der Waals surface area contributed by atoms with Crippen LogP contribution in [-0.4, -0.2) is 29.3 Å². The van der Waals surface area contributed by atoms with Crippen LogP contribution in [0.4, 0.5) is 0 Å². The van der Waals surface area contributed by atoms with Crippen LogP contribution in [0.2, 0.25) is 0 Å². The van der Waals surface area contributed by atoms with Gasteiger partial charge in [-0.15, -0.1) is 0 Å². The summed E-state index contributed by atoms with van der Waals surface area (Å²) in [4.78, 5) is 12.2. The molecule has 0 aliphatic heterocycles. The van der Waals surface area contributed by atoms with E-state index < -0.39 is 5.91 Å². The predicted molar refractivity (Wildman–Crippen MR) is 113 cm³/mol. The number of likely N-dealkylation sites (N-methyl/N-ethyl adjacent to an activating group) is 1. The molecule has 0 unspecified atom stereocenters. The van der Waals surface area contributed by atoms with Crippen molar-refractivity contribution in [2.24, 2.45) is 0 Å². The van der Waals surface area contributed by atoms with Gasteiger partial charge in [-0.25, -0.2) is 4.68 Å². The van der Waals surface area contributed by atoms with E-state index in [0.29, 0.717) is 17.8 Å². The van der Waals surface area contributed by atoms with Gasteiger partial charge in [-0.05, 0) is 55.8 Å². The van der Waals surface area contributed by atoms with Gasteiger partial charge < -0.3 is 10.1 Å². The highest BCUT2D eigenvalue weighted by Crippen LogP contribution is 2.30. The van der Waals surface area contributed by atoms with Crippen LogP contribution < -0.4 is 10.1 Å².